The van der Waals surface area contributed by atoms with Crippen LogP contribution in [0.2, 0.25) is 0 Å². The lowest BCUT2D eigenvalue weighted by molar-refractivity contribution is -0.140. The number of ether oxygens (including phenoxy) is 2. The van der Waals surface area contributed by atoms with Gasteiger partial charge in [0, 0.05) is 22.8 Å². The van der Waals surface area contributed by atoms with Crippen molar-refractivity contribution in [3.05, 3.63) is 68.5 Å². The molecular formula is C27H34N2O4S2. The molecule has 0 aliphatic rings. The van der Waals surface area contributed by atoms with E-state index >= 15 is 0 Å². The fraction of sp³-hybridized carbons (Fsp3) is 0.407. The monoisotopic (exact) mass is 514 g/mol. The molecule has 6 nitrogen and oxygen atoms in total. The van der Waals surface area contributed by atoms with Gasteiger partial charge in [0.1, 0.15) is 0 Å². The Morgan fingerprint density at radius 3 is 2.17 bits per heavy atom. The fourth-order valence-electron chi connectivity index (χ4n) is 3.82. The van der Waals surface area contributed by atoms with Crippen LogP contribution in [0.15, 0.2) is 53.2 Å². The van der Waals surface area contributed by atoms with Crippen molar-refractivity contribution in [3.8, 4) is 11.5 Å². The molecule has 0 atom stereocenters. The lowest BCUT2D eigenvalue weighted by Gasteiger charge is -2.28. The predicted molar refractivity (Wildman–Crippen MR) is 142 cm³/mol. The summed E-state index contributed by atoms with van der Waals surface area (Å²) in [5.74, 6) is 1.57. The molecule has 2 heterocycles. The molecule has 188 valence electrons. The predicted octanol–water partition coefficient (Wildman–Crippen LogP) is 5.13. The number of carbonyl (C=O) groups excluding carboxylic acids is 2. The minimum absolute atomic E-state index is 0.00883. The normalized spacial score (nSPS) is 10.9. The number of carbonyl (C=O) groups is 2. The Bertz CT molecular complexity index is 1070. The zero-order chi connectivity index (χ0) is 25.2. The highest BCUT2D eigenvalue weighted by Crippen LogP contribution is 2.28. The van der Waals surface area contributed by atoms with E-state index in [-0.39, 0.29) is 24.3 Å². The average molecular weight is 515 g/mol. The van der Waals surface area contributed by atoms with Crippen molar-refractivity contribution in [2.24, 2.45) is 5.92 Å². The number of nitrogens with zero attached hydrogens (tertiary/aromatic N) is 2. The summed E-state index contributed by atoms with van der Waals surface area (Å²) in [5.41, 5.74) is 1.06. The van der Waals surface area contributed by atoms with Crippen molar-refractivity contribution >= 4 is 34.5 Å². The molecular weight excluding hydrogens is 480 g/mol. The van der Waals surface area contributed by atoms with Crippen LogP contribution in [0, 0.1) is 5.92 Å². The van der Waals surface area contributed by atoms with Gasteiger partial charge in [0.2, 0.25) is 11.8 Å². The molecule has 0 bridgehead atoms. The van der Waals surface area contributed by atoms with Gasteiger partial charge in [-0.2, -0.15) is 0 Å². The maximum Gasteiger partial charge on any atom is 0.242 e. The molecule has 0 aliphatic carbocycles. The van der Waals surface area contributed by atoms with Crippen LogP contribution >= 0.6 is 22.7 Å². The minimum atomic E-state index is -0.0425. The summed E-state index contributed by atoms with van der Waals surface area (Å²) < 4.78 is 10.8. The fourth-order valence-corrected chi connectivity index (χ4v) is 5.23. The summed E-state index contributed by atoms with van der Waals surface area (Å²) >= 11 is 3.20. The second kappa shape index (κ2) is 13.3. The summed E-state index contributed by atoms with van der Waals surface area (Å²) in [4.78, 5) is 32.3. The van der Waals surface area contributed by atoms with Crippen LogP contribution in [-0.4, -0.2) is 55.5 Å². The Balaban J connectivity index is 1.73. The summed E-state index contributed by atoms with van der Waals surface area (Å²) in [7, 11) is 3.23. The van der Waals surface area contributed by atoms with Gasteiger partial charge >= 0.3 is 0 Å². The first-order valence-corrected chi connectivity index (χ1v) is 13.5. The summed E-state index contributed by atoms with van der Waals surface area (Å²) in [6.07, 6.45) is 0.999. The highest BCUT2D eigenvalue weighted by molar-refractivity contribution is 7.10. The van der Waals surface area contributed by atoms with Gasteiger partial charge in [-0.1, -0.05) is 32.0 Å². The van der Waals surface area contributed by atoms with Gasteiger partial charge in [0.25, 0.3) is 0 Å². The highest BCUT2D eigenvalue weighted by atomic mass is 32.1. The molecule has 0 aliphatic heterocycles. The number of amides is 2. The van der Waals surface area contributed by atoms with Gasteiger partial charge in [-0.3, -0.25) is 9.59 Å². The highest BCUT2D eigenvalue weighted by Gasteiger charge is 2.23. The number of methoxy groups -OCH3 is 2. The Morgan fingerprint density at radius 2 is 1.57 bits per heavy atom. The van der Waals surface area contributed by atoms with Crippen LogP contribution in [0.5, 0.6) is 11.5 Å². The van der Waals surface area contributed by atoms with E-state index in [0.29, 0.717) is 44.0 Å². The quantitative estimate of drug-likeness (QED) is 0.318. The van der Waals surface area contributed by atoms with Crippen LogP contribution in [-0.2, 0) is 29.0 Å². The number of rotatable bonds is 13. The third kappa shape index (κ3) is 8.11. The first kappa shape index (κ1) is 26.8. The smallest absolute Gasteiger partial charge is 0.242 e. The lowest BCUT2D eigenvalue weighted by Crippen LogP contribution is -2.45. The molecule has 0 radical (unpaired) electrons. The number of hydrogen-bond acceptors (Lipinski definition) is 6. The third-order valence-corrected chi connectivity index (χ3v) is 7.31. The first-order valence-electron chi connectivity index (χ1n) is 11.7. The molecule has 0 saturated heterocycles. The molecule has 0 fully saturated rings. The van der Waals surface area contributed by atoms with Crippen molar-refractivity contribution in [3.63, 3.8) is 0 Å². The SMILES string of the molecule is COc1ccc(CCN(Cc2cccs2)C(=O)CN(CC(C)C)C(=O)Cc2cccs2)cc1OC. The second-order valence-electron chi connectivity index (χ2n) is 8.76. The molecule has 8 heteroatoms. The largest absolute Gasteiger partial charge is 0.493 e. The second-order valence-corrected chi connectivity index (χ2v) is 10.8. The molecule has 2 aromatic heterocycles. The first-order chi connectivity index (χ1) is 16.9. The van der Waals surface area contributed by atoms with Gasteiger partial charge in [-0.15, -0.1) is 22.7 Å². The Labute approximate surface area is 216 Å². The molecule has 0 saturated carbocycles. The number of hydrogen-bond donors (Lipinski definition) is 0. The topological polar surface area (TPSA) is 59.1 Å². The third-order valence-electron chi connectivity index (χ3n) is 5.57. The van der Waals surface area contributed by atoms with Crippen molar-refractivity contribution in [2.75, 3.05) is 33.9 Å². The van der Waals surface area contributed by atoms with Gasteiger partial charge in [-0.25, -0.2) is 0 Å². The van der Waals surface area contributed by atoms with Crippen molar-refractivity contribution in [1.82, 2.24) is 9.80 Å². The molecule has 0 N–H and O–H groups in total. The molecule has 1 aromatic carbocycles. The van der Waals surface area contributed by atoms with E-state index in [2.05, 4.69) is 13.8 Å². The standard InChI is InChI=1S/C27H34N2O4S2/c1-20(2)17-29(26(30)16-22-7-5-13-34-22)19-27(31)28(18-23-8-6-14-35-23)12-11-21-9-10-24(32-3)25(15-21)33-4/h5-10,13-15,20H,11-12,16-19H2,1-4H3. The van der Waals surface area contributed by atoms with E-state index in [0.717, 1.165) is 15.3 Å². The van der Waals surface area contributed by atoms with Crippen molar-refractivity contribution in [1.29, 1.82) is 0 Å². The average Bonchev–Trinajstić information content (AvgIpc) is 3.55. The van der Waals surface area contributed by atoms with E-state index in [1.807, 2.05) is 58.1 Å². The zero-order valence-corrected chi connectivity index (χ0v) is 22.5. The maximum atomic E-state index is 13.5. The maximum absolute atomic E-state index is 13.5. The van der Waals surface area contributed by atoms with Crippen LogP contribution in [0.25, 0.3) is 0 Å². The van der Waals surface area contributed by atoms with Crippen LogP contribution in [0.1, 0.15) is 29.2 Å². The van der Waals surface area contributed by atoms with Crippen molar-refractivity contribution < 1.29 is 19.1 Å². The van der Waals surface area contributed by atoms with Crippen LogP contribution in [0.3, 0.4) is 0 Å². The van der Waals surface area contributed by atoms with E-state index < -0.39 is 0 Å². The molecule has 0 spiro atoms. The molecule has 2 amide bonds. The molecule has 3 rings (SSSR count). The van der Waals surface area contributed by atoms with Crippen LogP contribution in [0.4, 0.5) is 0 Å². The van der Waals surface area contributed by atoms with Crippen LogP contribution < -0.4 is 9.47 Å². The van der Waals surface area contributed by atoms with Gasteiger partial charge < -0.3 is 19.3 Å². The van der Waals surface area contributed by atoms with Gasteiger partial charge in [0.05, 0.1) is 33.7 Å². The van der Waals surface area contributed by atoms with E-state index in [1.54, 1.807) is 41.8 Å². The summed E-state index contributed by atoms with van der Waals surface area (Å²) in [6, 6.07) is 13.8. The summed E-state index contributed by atoms with van der Waals surface area (Å²) in [5, 5.41) is 3.99. The Morgan fingerprint density at radius 1 is 0.886 bits per heavy atom. The van der Waals surface area contributed by atoms with Gasteiger partial charge in [-0.05, 0) is 52.9 Å². The number of thiophene rings is 2. The van der Waals surface area contributed by atoms with E-state index in [9.17, 15) is 9.59 Å². The van der Waals surface area contributed by atoms with Crippen molar-refractivity contribution in [2.45, 2.75) is 33.2 Å². The van der Waals surface area contributed by atoms with E-state index in [1.165, 1.54) is 0 Å². The lowest BCUT2D eigenvalue weighted by atomic mass is 10.1. The zero-order valence-electron chi connectivity index (χ0n) is 20.9. The van der Waals surface area contributed by atoms with E-state index in [4.69, 9.17) is 9.47 Å². The Kier molecular flexibility index (Phi) is 10.2. The minimum Gasteiger partial charge on any atom is -0.493 e. The number of benzene rings is 1. The van der Waals surface area contributed by atoms with Gasteiger partial charge in [0.15, 0.2) is 11.5 Å². The molecule has 35 heavy (non-hydrogen) atoms. The Hall–Kier alpha value is -2.84. The molecule has 0 unspecified atom stereocenters. The summed E-state index contributed by atoms with van der Waals surface area (Å²) in [6.45, 7) is 5.84. The molecule has 3 aromatic rings.